The van der Waals surface area contributed by atoms with E-state index in [1.54, 1.807) is 4.90 Å². The summed E-state index contributed by atoms with van der Waals surface area (Å²) in [5.74, 6) is 0.0181. The van der Waals surface area contributed by atoms with E-state index >= 15 is 0 Å². The first-order chi connectivity index (χ1) is 5.70. The molecule has 0 bridgehead atoms. The molecule has 66 valence electrons. The van der Waals surface area contributed by atoms with Crippen molar-refractivity contribution < 1.29 is 9.59 Å². The Morgan fingerprint density at radius 1 is 1.67 bits per heavy atom. The highest BCUT2D eigenvalue weighted by Crippen LogP contribution is 2.19. The van der Waals surface area contributed by atoms with Gasteiger partial charge >= 0.3 is 0 Å². The van der Waals surface area contributed by atoms with Crippen LogP contribution in [0.1, 0.15) is 19.8 Å². The van der Waals surface area contributed by atoms with Crippen molar-refractivity contribution in [2.45, 2.75) is 25.8 Å². The van der Waals surface area contributed by atoms with Crippen LogP contribution < -0.4 is 0 Å². The summed E-state index contributed by atoms with van der Waals surface area (Å²) < 4.78 is 0. The minimum atomic E-state index is -0.166. The molecule has 0 spiro atoms. The van der Waals surface area contributed by atoms with Crippen LogP contribution >= 0.6 is 0 Å². The monoisotopic (exact) mass is 167 g/mol. The van der Waals surface area contributed by atoms with Gasteiger partial charge in [-0.3, -0.25) is 9.59 Å². The number of nitrogens with zero attached hydrogens (tertiary/aromatic N) is 1. The van der Waals surface area contributed by atoms with Gasteiger partial charge in [-0.1, -0.05) is 13.5 Å². The van der Waals surface area contributed by atoms with E-state index in [0.29, 0.717) is 13.0 Å². The van der Waals surface area contributed by atoms with E-state index in [4.69, 9.17) is 0 Å². The SMILES string of the molecule is C=CC(=O)N1CCC1C(=O)CC. The molecule has 1 heterocycles. The molecule has 0 aromatic heterocycles. The van der Waals surface area contributed by atoms with E-state index < -0.39 is 0 Å². The smallest absolute Gasteiger partial charge is 0.246 e. The molecule has 0 aromatic carbocycles. The second-order valence-electron chi connectivity index (χ2n) is 2.86. The van der Waals surface area contributed by atoms with Crippen LogP contribution in [-0.4, -0.2) is 29.2 Å². The molecule has 0 N–H and O–H groups in total. The zero-order valence-corrected chi connectivity index (χ0v) is 7.25. The van der Waals surface area contributed by atoms with Gasteiger partial charge in [0.25, 0.3) is 0 Å². The van der Waals surface area contributed by atoms with Crippen molar-refractivity contribution in [3.05, 3.63) is 12.7 Å². The Hall–Kier alpha value is -1.12. The van der Waals surface area contributed by atoms with Gasteiger partial charge in [-0.15, -0.1) is 0 Å². The van der Waals surface area contributed by atoms with E-state index in [9.17, 15) is 9.59 Å². The Morgan fingerprint density at radius 2 is 2.33 bits per heavy atom. The van der Waals surface area contributed by atoms with Crippen LogP contribution in [0.15, 0.2) is 12.7 Å². The lowest BCUT2D eigenvalue weighted by atomic mass is 9.97. The van der Waals surface area contributed by atoms with Crippen molar-refractivity contribution in [2.24, 2.45) is 0 Å². The molecule has 1 unspecified atom stereocenters. The van der Waals surface area contributed by atoms with Gasteiger partial charge in [-0.05, 0) is 12.5 Å². The third kappa shape index (κ3) is 1.40. The van der Waals surface area contributed by atoms with Crippen molar-refractivity contribution in [3.63, 3.8) is 0 Å². The van der Waals surface area contributed by atoms with Gasteiger partial charge in [0.15, 0.2) is 5.78 Å². The molecule has 0 aromatic rings. The van der Waals surface area contributed by atoms with Crippen molar-refractivity contribution in [2.75, 3.05) is 6.54 Å². The van der Waals surface area contributed by atoms with E-state index in [1.165, 1.54) is 6.08 Å². The van der Waals surface area contributed by atoms with Crippen LogP contribution in [0, 0.1) is 0 Å². The molecule has 12 heavy (non-hydrogen) atoms. The Morgan fingerprint density at radius 3 is 2.67 bits per heavy atom. The summed E-state index contributed by atoms with van der Waals surface area (Å²) in [6.07, 6.45) is 2.58. The van der Waals surface area contributed by atoms with Gasteiger partial charge in [0.05, 0.1) is 6.04 Å². The molecule has 1 rings (SSSR count). The summed E-state index contributed by atoms with van der Waals surface area (Å²) in [5, 5.41) is 0. The minimum Gasteiger partial charge on any atom is -0.329 e. The number of amides is 1. The summed E-state index contributed by atoms with van der Waals surface area (Å²) in [6, 6.07) is -0.166. The largest absolute Gasteiger partial charge is 0.329 e. The first kappa shape index (κ1) is 8.97. The first-order valence-electron chi connectivity index (χ1n) is 4.16. The normalized spacial score (nSPS) is 21.4. The van der Waals surface area contributed by atoms with E-state index in [1.807, 2.05) is 6.92 Å². The topological polar surface area (TPSA) is 37.4 Å². The average Bonchev–Trinajstić information content (AvgIpc) is 2.02. The molecule has 1 fully saturated rings. The van der Waals surface area contributed by atoms with Gasteiger partial charge in [-0.2, -0.15) is 0 Å². The molecule has 3 nitrogen and oxygen atoms in total. The molecular weight excluding hydrogens is 154 g/mol. The van der Waals surface area contributed by atoms with Gasteiger partial charge in [0, 0.05) is 13.0 Å². The Balaban J connectivity index is 2.54. The highest BCUT2D eigenvalue weighted by atomic mass is 16.2. The maximum atomic E-state index is 11.2. The second kappa shape index (κ2) is 3.52. The lowest BCUT2D eigenvalue weighted by Crippen LogP contribution is -2.54. The third-order valence-corrected chi connectivity index (χ3v) is 2.20. The summed E-state index contributed by atoms with van der Waals surface area (Å²) in [6.45, 7) is 5.89. The van der Waals surface area contributed by atoms with Crippen molar-refractivity contribution in [1.82, 2.24) is 4.90 Å². The summed E-state index contributed by atoms with van der Waals surface area (Å²) in [4.78, 5) is 23.8. The zero-order chi connectivity index (χ0) is 9.14. The number of hydrogen-bond acceptors (Lipinski definition) is 2. The summed E-state index contributed by atoms with van der Waals surface area (Å²) in [5.41, 5.74) is 0. The highest BCUT2D eigenvalue weighted by molar-refractivity contribution is 5.94. The number of hydrogen-bond donors (Lipinski definition) is 0. The van der Waals surface area contributed by atoms with Crippen LogP contribution in [0.3, 0.4) is 0 Å². The fourth-order valence-electron chi connectivity index (χ4n) is 1.34. The molecule has 3 heteroatoms. The standard InChI is InChI=1S/C9H13NO2/c1-3-8(11)7-5-6-10(7)9(12)4-2/h4,7H,2-3,5-6H2,1H3. The van der Waals surface area contributed by atoms with Crippen LogP contribution in [0.5, 0.6) is 0 Å². The van der Waals surface area contributed by atoms with Crippen molar-refractivity contribution in [3.8, 4) is 0 Å². The number of carbonyl (C=O) groups excluding carboxylic acids is 2. The molecule has 1 aliphatic heterocycles. The molecule has 0 aliphatic carbocycles. The van der Waals surface area contributed by atoms with Gasteiger partial charge in [-0.25, -0.2) is 0 Å². The first-order valence-corrected chi connectivity index (χ1v) is 4.16. The fourth-order valence-corrected chi connectivity index (χ4v) is 1.34. The maximum Gasteiger partial charge on any atom is 0.246 e. The molecule has 1 atom stereocenters. The Labute approximate surface area is 72.0 Å². The van der Waals surface area contributed by atoms with Crippen LogP contribution in [0.25, 0.3) is 0 Å². The fraction of sp³-hybridized carbons (Fsp3) is 0.556. The second-order valence-corrected chi connectivity index (χ2v) is 2.86. The molecule has 1 aliphatic rings. The lowest BCUT2D eigenvalue weighted by molar-refractivity contribution is -0.142. The third-order valence-electron chi connectivity index (χ3n) is 2.20. The number of Topliss-reactive ketones (excluding diaryl/α,β-unsaturated/α-hetero) is 1. The van der Waals surface area contributed by atoms with E-state index in [-0.39, 0.29) is 17.7 Å². The molecule has 1 saturated heterocycles. The number of carbonyl (C=O) groups is 2. The highest BCUT2D eigenvalue weighted by Gasteiger charge is 2.34. The maximum absolute atomic E-state index is 11.2. The molecule has 1 amide bonds. The molecular formula is C9H13NO2. The lowest BCUT2D eigenvalue weighted by Gasteiger charge is -2.39. The summed E-state index contributed by atoms with van der Waals surface area (Å²) >= 11 is 0. The molecule has 0 radical (unpaired) electrons. The number of likely N-dealkylation sites (tertiary alicyclic amines) is 1. The van der Waals surface area contributed by atoms with E-state index in [2.05, 4.69) is 6.58 Å². The van der Waals surface area contributed by atoms with Gasteiger partial charge in [0.1, 0.15) is 0 Å². The minimum absolute atomic E-state index is 0.131. The van der Waals surface area contributed by atoms with Crippen LogP contribution in [0.4, 0.5) is 0 Å². The van der Waals surface area contributed by atoms with Gasteiger partial charge < -0.3 is 4.90 Å². The predicted octanol–water partition coefficient (Wildman–Crippen LogP) is 0.752. The quantitative estimate of drug-likeness (QED) is 0.582. The zero-order valence-electron chi connectivity index (χ0n) is 7.25. The van der Waals surface area contributed by atoms with Crippen molar-refractivity contribution in [1.29, 1.82) is 0 Å². The Bertz CT molecular complexity index is 223. The van der Waals surface area contributed by atoms with Crippen LogP contribution in [-0.2, 0) is 9.59 Å². The van der Waals surface area contributed by atoms with Crippen molar-refractivity contribution >= 4 is 11.7 Å². The molecule has 0 saturated carbocycles. The average molecular weight is 167 g/mol. The van der Waals surface area contributed by atoms with E-state index in [0.717, 1.165) is 6.42 Å². The summed E-state index contributed by atoms with van der Waals surface area (Å²) in [7, 11) is 0. The number of rotatable bonds is 3. The Kier molecular flexibility index (Phi) is 2.63. The number of ketones is 1. The van der Waals surface area contributed by atoms with Crippen LogP contribution in [0.2, 0.25) is 0 Å². The van der Waals surface area contributed by atoms with Gasteiger partial charge in [0.2, 0.25) is 5.91 Å². The predicted molar refractivity (Wildman–Crippen MR) is 45.6 cm³/mol.